The van der Waals surface area contributed by atoms with Crippen molar-refractivity contribution in [3.63, 3.8) is 0 Å². The minimum Gasteiger partial charge on any atom is -0.408 e. The molecule has 1 aliphatic heterocycles. The number of oxazole rings is 1. The van der Waals surface area contributed by atoms with Crippen LogP contribution in [0.5, 0.6) is 0 Å². The highest BCUT2D eigenvalue weighted by Gasteiger charge is 2.23. The first-order chi connectivity index (χ1) is 9.34. The molecule has 0 amide bonds. The van der Waals surface area contributed by atoms with Gasteiger partial charge in [-0.3, -0.25) is 4.57 Å². The van der Waals surface area contributed by atoms with E-state index in [2.05, 4.69) is 11.4 Å². The molecule has 1 aromatic heterocycles. The van der Waals surface area contributed by atoms with Crippen LogP contribution < -0.4 is 11.1 Å². The smallest absolute Gasteiger partial charge is 0.408 e. The number of benzene rings is 2. The SMILES string of the molecule is O=c1oc2ccc3ccccc3c2n1C1CCNC1. The highest BCUT2D eigenvalue weighted by molar-refractivity contribution is 6.03. The molecule has 19 heavy (non-hydrogen) atoms. The zero-order chi connectivity index (χ0) is 12.8. The summed E-state index contributed by atoms with van der Waals surface area (Å²) >= 11 is 0. The first-order valence-electron chi connectivity index (χ1n) is 6.58. The first-order valence-corrected chi connectivity index (χ1v) is 6.58. The van der Waals surface area contributed by atoms with Crippen molar-refractivity contribution in [1.82, 2.24) is 9.88 Å². The van der Waals surface area contributed by atoms with Gasteiger partial charge in [0.25, 0.3) is 0 Å². The molecule has 2 heterocycles. The lowest BCUT2D eigenvalue weighted by Crippen LogP contribution is -2.22. The van der Waals surface area contributed by atoms with Crippen LogP contribution in [0.2, 0.25) is 0 Å². The molecule has 1 saturated heterocycles. The second-order valence-corrected chi connectivity index (χ2v) is 5.02. The molecule has 2 aromatic carbocycles. The van der Waals surface area contributed by atoms with Gasteiger partial charge >= 0.3 is 5.76 Å². The topological polar surface area (TPSA) is 47.2 Å². The third kappa shape index (κ3) is 1.53. The Morgan fingerprint density at radius 1 is 1.21 bits per heavy atom. The van der Waals surface area contributed by atoms with Crippen LogP contribution in [0.4, 0.5) is 0 Å². The van der Waals surface area contributed by atoms with Crippen molar-refractivity contribution in [2.24, 2.45) is 0 Å². The second-order valence-electron chi connectivity index (χ2n) is 5.02. The van der Waals surface area contributed by atoms with Crippen molar-refractivity contribution in [3.8, 4) is 0 Å². The number of hydrogen-bond acceptors (Lipinski definition) is 3. The molecule has 0 radical (unpaired) electrons. The largest absolute Gasteiger partial charge is 0.420 e. The summed E-state index contributed by atoms with van der Waals surface area (Å²) in [5.41, 5.74) is 1.60. The number of nitrogens with one attached hydrogen (secondary N) is 1. The van der Waals surface area contributed by atoms with Crippen LogP contribution in [0.25, 0.3) is 21.9 Å². The van der Waals surface area contributed by atoms with E-state index in [0.717, 1.165) is 35.8 Å². The molecule has 1 atom stereocenters. The average Bonchev–Trinajstić information content (AvgIpc) is 3.04. The van der Waals surface area contributed by atoms with Crippen LogP contribution in [-0.2, 0) is 0 Å². The van der Waals surface area contributed by atoms with Gasteiger partial charge in [0.2, 0.25) is 0 Å². The summed E-state index contributed by atoms with van der Waals surface area (Å²) in [5, 5.41) is 5.52. The standard InChI is InChI=1S/C15H14N2O2/c18-15-17(11-7-8-16-9-11)14-12-4-2-1-3-10(12)5-6-13(14)19-15/h1-6,11,16H,7-9H2. The van der Waals surface area contributed by atoms with Crippen LogP contribution in [0.3, 0.4) is 0 Å². The maximum Gasteiger partial charge on any atom is 0.420 e. The van der Waals surface area contributed by atoms with E-state index < -0.39 is 0 Å². The molecule has 4 nitrogen and oxygen atoms in total. The van der Waals surface area contributed by atoms with Gasteiger partial charge in [-0.25, -0.2) is 4.79 Å². The summed E-state index contributed by atoms with van der Waals surface area (Å²) in [6.45, 7) is 1.78. The maximum atomic E-state index is 12.1. The normalized spacial score (nSPS) is 19.5. The van der Waals surface area contributed by atoms with E-state index in [-0.39, 0.29) is 11.8 Å². The van der Waals surface area contributed by atoms with E-state index in [4.69, 9.17) is 4.42 Å². The Kier molecular flexibility index (Phi) is 2.26. The lowest BCUT2D eigenvalue weighted by Gasteiger charge is -2.10. The summed E-state index contributed by atoms with van der Waals surface area (Å²) in [4.78, 5) is 12.1. The Morgan fingerprint density at radius 2 is 2.11 bits per heavy atom. The van der Waals surface area contributed by atoms with Crippen LogP contribution in [-0.4, -0.2) is 17.7 Å². The summed E-state index contributed by atoms with van der Waals surface area (Å²) in [6.07, 6.45) is 0.970. The van der Waals surface area contributed by atoms with Crippen LogP contribution in [0.1, 0.15) is 12.5 Å². The Labute approximate surface area is 109 Å². The molecular formula is C15H14N2O2. The lowest BCUT2D eigenvalue weighted by atomic mass is 10.1. The van der Waals surface area contributed by atoms with Crippen LogP contribution >= 0.6 is 0 Å². The monoisotopic (exact) mass is 254 g/mol. The van der Waals surface area contributed by atoms with Crippen molar-refractivity contribution in [2.45, 2.75) is 12.5 Å². The molecule has 3 aromatic rings. The third-order valence-electron chi connectivity index (χ3n) is 3.90. The van der Waals surface area contributed by atoms with Gasteiger partial charge in [-0.15, -0.1) is 0 Å². The molecule has 1 aliphatic rings. The molecule has 0 aliphatic carbocycles. The van der Waals surface area contributed by atoms with E-state index in [1.807, 2.05) is 34.9 Å². The molecule has 0 spiro atoms. The second kappa shape index (κ2) is 3.96. The fourth-order valence-corrected chi connectivity index (χ4v) is 2.99. The van der Waals surface area contributed by atoms with Gasteiger partial charge in [0.1, 0.15) is 0 Å². The third-order valence-corrected chi connectivity index (χ3v) is 3.90. The molecular weight excluding hydrogens is 240 g/mol. The molecule has 4 rings (SSSR count). The van der Waals surface area contributed by atoms with E-state index in [9.17, 15) is 4.79 Å². The summed E-state index contributed by atoms with van der Waals surface area (Å²) in [5.74, 6) is -0.250. The highest BCUT2D eigenvalue weighted by atomic mass is 16.4. The number of aromatic nitrogens is 1. The molecule has 1 fully saturated rings. The number of nitrogens with zero attached hydrogens (tertiary/aromatic N) is 1. The number of rotatable bonds is 1. The zero-order valence-electron chi connectivity index (χ0n) is 10.4. The predicted molar refractivity (Wildman–Crippen MR) is 74.5 cm³/mol. The van der Waals surface area contributed by atoms with E-state index in [1.54, 1.807) is 0 Å². The summed E-state index contributed by atoms with van der Waals surface area (Å²) < 4.78 is 7.22. The Morgan fingerprint density at radius 3 is 2.95 bits per heavy atom. The first kappa shape index (κ1) is 10.8. The average molecular weight is 254 g/mol. The van der Waals surface area contributed by atoms with Crippen molar-refractivity contribution in [2.75, 3.05) is 13.1 Å². The van der Waals surface area contributed by atoms with Crippen molar-refractivity contribution in [1.29, 1.82) is 0 Å². The Bertz CT molecular complexity index is 810. The van der Waals surface area contributed by atoms with E-state index in [0.29, 0.717) is 5.58 Å². The molecule has 1 unspecified atom stereocenters. The maximum absolute atomic E-state index is 12.1. The molecule has 0 bridgehead atoms. The van der Waals surface area contributed by atoms with Crippen LogP contribution in [0, 0.1) is 0 Å². The minimum absolute atomic E-state index is 0.194. The van der Waals surface area contributed by atoms with Gasteiger partial charge in [-0.2, -0.15) is 0 Å². The Hall–Kier alpha value is -2.07. The van der Waals surface area contributed by atoms with Crippen molar-refractivity contribution >= 4 is 21.9 Å². The lowest BCUT2D eigenvalue weighted by molar-refractivity contribution is 0.459. The van der Waals surface area contributed by atoms with Gasteiger partial charge < -0.3 is 9.73 Å². The zero-order valence-corrected chi connectivity index (χ0v) is 10.4. The predicted octanol–water partition coefficient (Wildman–Crippen LogP) is 2.28. The summed E-state index contributed by atoms with van der Waals surface area (Å²) in [7, 11) is 0. The van der Waals surface area contributed by atoms with Gasteiger partial charge in [-0.05, 0) is 24.4 Å². The van der Waals surface area contributed by atoms with Gasteiger partial charge in [0, 0.05) is 11.9 Å². The van der Waals surface area contributed by atoms with Crippen LogP contribution in [0.15, 0.2) is 45.6 Å². The molecule has 96 valence electrons. The van der Waals surface area contributed by atoms with E-state index in [1.165, 1.54) is 0 Å². The van der Waals surface area contributed by atoms with Crippen molar-refractivity contribution in [3.05, 3.63) is 46.9 Å². The number of fused-ring (bicyclic) bond motifs is 3. The molecule has 4 heteroatoms. The Balaban J connectivity index is 2.13. The number of hydrogen-bond donors (Lipinski definition) is 1. The molecule has 0 saturated carbocycles. The van der Waals surface area contributed by atoms with Crippen molar-refractivity contribution < 1.29 is 4.42 Å². The van der Waals surface area contributed by atoms with E-state index >= 15 is 0 Å². The fraction of sp³-hybridized carbons (Fsp3) is 0.267. The fourth-order valence-electron chi connectivity index (χ4n) is 2.99. The highest BCUT2D eigenvalue weighted by Crippen LogP contribution is 2.28. The quantitative estimate of drug-likeness (QED) is 0.724. The minimum atomic E-state index is -0.250. The molecule has 1 N–H and O–H groups in total. The summed E-state index contributed by atoms with van der Waals surface area (Å²) in [6, 6.07) is 12.2. The van der Waals surface area contributed by atoms with Gasteiger partial charge in [0.05, 0.1) is 11.6 Å². The van der Waals surface area contributed by atoms with Gasteiger partial charge in [0.15, 0.2) is 5.58 Å². The van der Waals surface area contributed by atoms with Gasteiger partial charge in [-0.1, -0.05) is 30.3 Å².